The number of allylic oxidation sites excluding steroid dienone is 2. The molecule has 0 atom stereocenters. The molecule has 3 nitrogen and oxygen atoms in total. The molecule has 0 spiro atoms. The summed E-state index contributed by atoms with van der Waals surface area (Å²) in [4.78, 5) is 13.3. The molecule has 12 heavy (non-hydrogen) atoms. The van der Waals surface area contributed by atoms with Gasteiger partial charge in [-0.05, 0) is 12.8 Å². The predicted molar refractivity (Wildman–Crippen MR) is 48.6 cm³/mol. The standard InChI is InChI=1S/C9H16N2O/c1-11(7-6-10)9(12)8-4-2-3-5-8/h2-3,8H,4-7,10H2,1H3. The highest BCUT2D eigenvalue weighted by molar-refractivity contribution is 5.79. The van der Waals surface area contributed by atoms with Gasteiger partial charge in [0.2, 0.25) is 5.91 Å². The third-order valence-electron chi connectivity index (χ3n) is 2.20. The summed E-state index contributed by atoms with van der Waals surface area (Å²) in [6, 6.07) is 0. The van der Waals surface area contributed by atoms with Crippen LogP contribution in [0.25, 0.3) is 0 Å². The first-order valence-corrected chi connectivity index (χ1v) is 4.35. The zero-order chi connectivity index (χ0) is 8.97. The second kappa shape index (κ2) is 4.26. The lowest BCUT2D eigenvalue weighted by atomic mass is 10.1. The predicted octanol–water partition coefficient (Wildman–Crippen LogP) is 0.370. The van der Waals surface area contributed by atoms with Gasteiger partial charge in [0.1, 0.15) is 0 Å². The molecule has 0 unspecified atom stereocenters. The summed E-state index contributed by atoms with van der Waals surface area (Å²) in [5, 5.41) is 0. The number of nitrogens with two attached hydrogens (primary N) is 1. The van der Waals surface area contributed by atoms with Crippen LogP contribution in [0.15, 0.2) is 12.2 Å². The zero-order valence-electron chi connectivity index (χ0n) is 7.49. The maximum Gasteiger partial charge on any atom is 0.226 e. The number of hydrogen-bond donors (Lipinski definition) is 1. The van der Waals surface area contributed by atoms with Gasteiger partial charge >= 0.3 is 0 Å². The van der Waals surface area contributed by atoms with E-state index >= 15 is 0 Å². The molecule has 0 radical (unpaired) electrons. The van der Waals surface area contributed by atoms with Crippen LogP contribution in [0, 0.1) is 5.92 Å². The van der Waals surface area contributed by atoms with Crippen LogP contribution >= 0.6 is 0 Å². The third kappa shape index (κ3) is 2.08. The first kappa shape index (κ1) is 9.26. The molecule has 1 rings (SSSR count). The Hall–Kier alpha value is -0.830. The molecule has 1 amide bonds. The smallest absolute Gasteiger partial charge is 0.226 e. The Labute approximate surface area is 73.2 Å². The molecule has 0 saturated heterocycles. The highest BCUT2D eigenvalue weighted by Crippen LogP contribution is 2.19. The Kier molecular flexibility index (Phi) is 3.29. The second-order valence-corrected chi connectivity index (χ2v) is 3.19. The van der Waals surface area contributed by atoms with Crippen molar-refractivity contribution in [3.63, 3.8) is 0 Å². The first-order chi connectivity index (χ1) is 5.75. The number of nitrogens with zero attached hydrogens (tertiary/aromatic N) is 1. The molecule has 0 aromatic heterocycles. The minimum Gasteiger partial charge on any atom is -0.344 e. The Morgan fingerprint density at radius 1 is 1.58 bits per heavy atom. The van der Waals surface area contributed by atoms with Crippen LogP contribution in [0.2, 0.25) is 0 Å². The average molecular weight is 168 g/mol. The lowest BCUT2D eigenvalue weighted by molar-refractivity contribution is -0.133. The number of carbonyl (C=O) groups excluding carboxylic acids is 1. The number of hydrogen-bond acceptors (Lipinski definition) is 2. The van der Waals surface area contributed by atoms with Gasteiger partial charge in [0, 0.05) is 26.1 Å². The fourth-order valence-electron chi connectivity index (χ4n) is 1.43. The van der Waals surface area contributed by atoms with Gasteiger partial charge in [-0.2, -0.15) is 0 Å². The summed E-state index contributed by atoms with van der Waals surface area (Å²) in [6.07, 6.45) is 5.93. The van der Waals surface area contributed by atoms with Crippen molar-refractivity contribution in [1.82, 2.24) is 4.90 Å². The zero-order valence-corrected chi connectivity index (χ0v) is 7.49. The van der Waals surface area contributed by atoms with Crippen molar-refractivity contribution in [3.8, 4) is 0 Å². The molecule has 0 aromatic carbocycles. The first-order valence-electron chi connectivity index (χ1n) is 4.35. The molecular formula is C9H16N2O. The summed E-state index contributed by atoms with van der Waals surface area (Å²) < 4.78 is 0. The molecule has 68 valence electrons. The van der Waals surface area contributed by atoms with E-state index in [1.165, 1.54) is 0 Å². The molecule has 0 heterocycles. The largest absolute Gasteiger partial charge is 0.344 e. The molecular weight excluding hydrogens is 152 g/mol. The molecule has 3 heteroatoms. The summed E-state index contributed by atoms with van der Waals surface area (Å²) >= 11 is 0. The van der Waals surface area contributed by atoms with Crippen molar-refractivity contribution < 1.29 is 4.79 Å². The van der Waals surface area contributed by atoms with Gasteiger partial charge in [0.05, 0.1) is 0 Å². The SMILES string of the molecule is CN(CCN)C(=O)C1CC=CC1. The van der Waals surface area contributed by atoms with Crippen LogP contribution in [0.4, 0.5) is 0 Å². The van der Waals surface area contributed by atoms with E-state index in [-0.39, 0.29) is 11.8 Å². The van der Waals surface area contributed by atoms with Gasteiger partial charge in [0.25, 0.3) is 0 Å². The maximum absolute atomic E-state index is 11.6. The Morgan fingerprint density at radius 2 is 2.17 bits per heavy atom. The fourth-order valence-corrected chi connectivity index (χ4v) is 1.43. The number of likely N-dealkylation sites (N-methyl/N-ethyl adjacent to an activating group) is 1. The highest BCUT2D eigenvalue weighted by Gasteiger charge is 2.21. The van der Waals surface area contributed by atoms with Crippen molar-refractivity contribution in [2.24, 2.45) is 11.7 Å². The Bertz CT molecular complexity index is 181. The van der Waals surface area contributed by atoms with Crippen LogP contribution in [0.5, 0.6) is 0 Å². The lowest BCUT2D eigenvalue weighted by Crippen LogP contribution is -2.35. The van der Waals surface area contributed by atoms with Gasteiger partial charge < -0.3 is 10.6 Å². The molecule has 0 aromatic rings. The van der Waals surface area contributed by atoms with E-state index in [1.54, 1.807) is 4.90 Å². The number of amides is 1. The molecule has 0 fully saturated rings. The minimum absolute atomic E-state index is 0.182. The van der Waals surface area contributed by atoms with Crippen molar-refractivity contribution in [2.75, 3.05) is 20.1 Å². The van der Waals surface area contributed by atoms with Crippen molar-refractivity contribution in [1.29, 1.82) is 0 Å². The van der Waals surface area contributed by atoms with E-state index < -0.39 is 0 Å². The quantitative estimate of drug-likeness (QED) is 0.619. The average Bonchev–Trinajstić information content (AvgIpc) is 2.55. The van der Waals surface area contributed by atoms with Crippen molar-refractivity contribution >= 4 is 5.91 Å². The van der Waals surface area contributed by atoms with Crippen LogP contribution in [0.1, 0.15) is 12.8 Å². The van der Waals surface area contributed by atoms with Gasteiger partial charge in [-0.1, -0.05) is 12.2 Å². The van der Waals surface area contributed by atoms with Gasteiger partial charge in [0.15, 0.2) is 0 Å². The third-order valence-corrected chi connectivity index (χ3v) is 2.20. The summed E-state index contributed by atoms with van der Waals surface area (Å²) in [6.45, 7) is 1.21. The van der Waals surface area contributed by atoms with E-state index in [9.17, 15) is 4.79 Å². The topological polar surface area (TPSA) is 46.3 Å². The van der Waals surface area contributed by atoms with E-state index in [4.69, 9.17) is 5.73 Å². The van der Waals surface area contributed by atoms with Crippen molar-refractivity contribution in [2.45, 2.75) is 12.8 Å². The second-order valence-electron chi connectivity index (χ2n) is 3.19. The monoisotopic (exact) mass is 168 g/mol. The molecule has 0 bridgehead atoms. The molecule has 0 saturated carbocycles. The molecule has 0 aliphatic heterocycles. The minimum atomic E-state index is 0.182. The van der Waals surface area contributed by atoms with E-state index in [1.807, 2.05) is 7.05 Å². The van der Waals surface area contributed by atoms with Gasteiger partial charge in [-0.25, -0.2) is 0 Å². The van der Waals surface area contributed by atoms with E-state index in [0.29, 0.717) is 13.1 Å². The Morgan fingerprint density at radius 3 is 2.67 bits per heavy atom. The summed E-state index contributed by atoms with van der Waals surface area (Å²) in [7, 11) is 1.81. The normalized spacial score (nSPS) is 16.8. The molecule has 1 aliphatic rings. The fraction of sp³-hybridized carbons (Fsp3) is 0.667. The highest BCUT2D eigenvalue weighted by atomic mass is 16.2. The van der Waals surface area contributed by atoms with Crippen LogP contribution < -0.4 is 5.73 Å². The molecule has 1 aliphatic carbocycles. The van der Waals surface area contributed by atoms with E-state index in [2.05, 4.69) is 12.2 Å². The molecule has 2 N–H and O–H groups in total. The van der Waals surface area contributed by atoms with Crippen LogP contribution in [-0.4, -0.2) is 30.9 Å². The van der Waals surface area contributed by atoms with Crippen LogP contribution in [-0.2, 0) is 4.79 Å². The maximum atomic E-state index is 11.6. The van der Waals surface area contributed by atoms with E-state index in [0.717, 1.165) is 12.8 Å². The van der Waals surface area contributed by atoms with Crippen molar-refractivity contribution in [3.05, 3.63) is 12.2 Å². The van der Waals surface area contributed by atoms with Gasteiger partial charge in [-0.15, -0.1) is 0 Å². The van der Waals surface area contributed by atoms with Gasteiger partial charge in [-0.3, -0.25) is 4.79 Å². The van der Waals surface area contributed by atoms with Crippen LogP contribution in [0.3, 0.4) is 0 Å². The Balaban J connectivity index is 2.36. The summed E-state index contributed by atoms with van der Waals surface area (Å²) in [5.41, 5.74) is 5.36. The number of carbonyl (C=O) groups is 1. The lowest BCUT2D eigenvalue weighted by Gasteiger charge is -2.19. The number of rotatable bonds is 3. The summed E-state index contributed by atoms with van der Waals surface area (Å²) in [5.74, 6) is 0.409.